The first kappa shape index (κ1) is 16.2. The SMILES string of the molecule is COCCN(CCCl)S(=O)(=O)CC1CCCCC1. The maximum atomic E-state index is 12.3. The first-order valence-corrected chi connectivity index (χ1v) is 8.77. The molecule has 0 aromatic rings. The molecule has 0 saturated heterocycles. The zero-order valence-corrected chi connectivity index (χ0v) is 12.7. The number of hydrogen-bond donors (Lipinski definition) is 0. The summed E-state index contributed by atoms with van der Waals surface area (Å²) in [6.07, 6.45) is 5.64. The molecule has 6 heteroatoms. The summed E-state index contributed by atoms with van der Waals surface area (Å²) >= 11 is 5.68. The van der Waals surface area contributed by atoms with Gasteiger partial charge in [0.05, 0.1) is 12.4 Å². The van der Waals surface area contributed by atoms with Crippen LogP contribution in [0.4, 0.5) is 0 Å². The quantitative estimate of drug-likeness (QED) is 0.645. The number of rotatable bonds is 8. The molecule has 0 aromatic carbocycles. The lowest BCUT2D eigenvalue weighted by molar-refractivity contribution is 0.180. The summed E-state index contributed by atoms with van der Waals surface area (Å²) in [7, 11) is -1.61. The third-order valence-electron chi connectivity index (χ3n) is 3.44. The fourth-order valence-electron chi connectivity index (χ4n) is 2.43. The van der Waals surface area contributed by atoms with Crippen LogP contribution in [-0.4, -0.2) is 51.2 Å². The third-order valence-corrected chi connectivity index (χ3v) is 5.66. The molecule has 0 N–H and O–H groups in total. The summed E-state index contributed by atoms with van der Waals surface area (Å²) in [5.41, 5.74) is 0. The molecule has 1 aliphatic rings. The van der Waals surface area contributed by atoms with Crippen molar-refractivity contribution < 1.29 is 13.2 Å². The van der Waals surface area contributed by atoms with Gasteiger partial charge in [-0.2, -0.15) is 4.31 Å². The number of ether oxygens (including phenoxy) is 1. The normalized spacial score (nSPS) is 18.4. The molecule has 1 rings (SSSR count). The minimum atomic E-state index is -3.19. The molecule has 1 fully saturated rings. The van der Waals surface area contributed by atoms with Crippen LogP contribution in [0.25, 0.3) is 0 Å². The topological polar surface area (TPSA) is 46.6 Å². The average molecular weight is 298 g/mol. The van der Waals surface area contributed by atoms with Crippen LogP contribution >= 0.6 is 11.6 Å². The minimum absolute atomic E-state index is 0.271. The van der Waals surface area contributed by atoms with E-state index in [1.165, 1.54) is 10.7 Å². The smallest absolute Gasteiger partial charge is 0.214 e. The molecule has 18 heavy (non-hydrogen) atoms. The second-order valence-electron chi connectivity index (χ2n) is 4.86. The second-order valence-corrected chi connectivity index (χ2v) is 7.25. The Morgan fingerprint density at radius 1 is 1.22 bits per heavy atom. The maximum absolute atomic E-state index is 12.3. The van der Waals surface area contributed by atoms with Crippen molar-refractivity contribution in [2.24, 2.45) is 5.92 Å². The van der Waals surface area contributed by atoms with Crippen molar-refractivity contribution in [1.29, 1.82) is 0 Å². The van der Waals surface area contributed by atoms with Gasteiger partial charge in [0, 0.05) is 26.1 Å². The third kappa shape index (κ3) is 5.43. The molecule has 0 heterocycles. The highest BCUT2D eigenvalue weighted by atomic mass is 35.5. The number of alkyl halides is 1. The fourth-order valence-corrected chi connectivity index (χ4v) is 4.60. The van der Waals surface area contributed by atoms with Crippen LogP contribution in [0.3, 0.4) is 0 Å². The lowest BCUT2D eigenvalue weighted by atomic mass is 9.91. The molecule has 0 bridgehead atoms. The van der Waals surface area contributed by atoms with Crippen LogP contribution in [0.1, 0.15) is 32.1 Å². The largest absolute Gasteiger partial charge is 0.383 e. The van der Waals surface area contributed by atoms with Crippen LogP contribution in [0.15, 0.2) is 0 Å². The number of sulfonamides is 1. The molecule has 0 unspecified atom stereocenters. The van der Waals surface area contributed by atoms with Crippen molar-refractivity contribution >= 4 is 21.6 Å². The van der Waals surface area contributed by atoms with E-state index in [0.29, 0.717) is 31.5 Å². The fraction of sp³-hybridized carbons (Fsp3) is 1.00. The van der Waals surface area contributed by atoms with E-state index in [9.17, 15) is 8.42 Å². The average Bonchev–Trinajstić information content (AvgIpc) is 2.35. The predicted octanol–water partition coefficient (Wildman–Crippen LogP) is 2.08. The van der Waals surface area contributed by atoms with Gasteiger partial charge in [-0.05, 0) is 18.8 Å². The van der Waals surface area contributed by atoms with Crippen LogP contribution in [0.2, 0.25) is 0 Å². The highest BCUT2D eigenvalue weighted by Gasteiger charge is 2.26. The van der Waals surface area contributed by atoms with Gasteiger partial charge in [0.1, 0.15) is 0 Å². The molecule has 1 aliphatic carbocycles. The molecule has 1 saturated carbocycles. The van der Waals surface area contributed by atoms with Crippen LogP contribution < -0.4 is 0 Å². The van der Waals surface area contributed by atoms with Crippen molar-refractivity contribution in [3.05, 3.63) is 0 Å². The van der Waals surface area contributed by atoms with Gasteiger partial charge in [-0.3, -0.25) is 0 Å². The highest BCUT2D eigenvalue weighted by molar-refractivity contribution is 7.89. The van der Waals surface area contributed by atoms with Gasteiger partial charge in [-0.15, -0.1) is 11.6 Å². The van der Waals surface area contributed by atoms with E-state index in [4.69, 9.17) is 16.3 Å². The lowest BCUT2D eigenvalue weighted by Crippen LogP contribution is -2.39. The van der Waals surface area contributed by atoms with Gasteiger partial charge in [0.15, 0.2) is 0 Å². The molecular weight excluding hydrogens is 274 g/mol. The summed E-state index contributed by atoms with van der Waals surface area (Å²) in [5.74, 6) is 0.922. The molecule has 0 aliphatic heterocycles. The highest BCUT2D eigenvalue weighted by Crippen LogP contribution is 2.25. The van der Waals surface area contributed by atoms with Gasteiger partial charge in [-0.1, -0.05) is 19.3 Å². The van der Waals surface area contributed by atoms with Crippen molar-refractivity contribution in [2.45, 2.75) is 32.1 Å². The Morgan fingerprint density at radius 3 is 2.44 bits per heavy atom. The first-order valence-electron chi connectivity index (χ1n) is 6.63. The van der Waals surface area contributed by atoms with Crippen LogP contribution in [-0.2, 0) is 14.8 Å². The molecule has 0 spiro atoms. The van der Waals surface area contributed by atoms with Crippen molar-refractivity contribution in [2.75, 3.05) is 38.4 Å². The second kappa shape index (κ2) is 8.35. The minimum Gasteiger partial charge on any atom is -0.383 e. The molecular formula is C12H24ClNO3S. The Balaban J connectivity index is 2.55. The van der Waals surface area contributed by atoms with Crippen LogP contribution in [0, 0.1) is 5.92 Å². The van der Waals surface area contributed by atoms with Crippen molar-refractivity contribution in [3.63, 3.8) is 0 Å². The Labute approximate surface area is 116 Å². The summed E-state index contributed by atoms with van der Waals surface area (Å²) in [4.78, 5) is 0. The van der Waals surface area contributed by atoms with E-state index < -0.39 is 10.0 Å². The zero-order valence-electron chi connectivity index (χ0n) is 11.1. The standard InChI is InChI=1S/C12H24ClNO3S/c1-17-10-9-14(8-7-13)18(15,16)11-12-5-3-2-4-6-12/h12H,2-11H2,1H3. The molecule has 108 valence electrons. The van der Waals surface area contributed by atoms with Gasteiger partial charge in [0.2, 0.25) is 10.0 Å². The predicted molar refractivity (Wildman–Crippen MR) is 74.5 cm³/mol. The first-order chi connectivity index (χ1) is 8.60. The number of halogens is 1. The summed E-state index contributed by atoms with van der Waals surface area (Å²) in [5, 5.41) is 0. The number of methoxy groups -OCH3 is 1. The summed E-state index contributed by atoms with van der Waals surface area (Å²) < 4.78 is 31.0. The zero-order chi connectivity index (χ0) is 13.4. The van der Waals surface area contributed by atoms with Gasteiger partial charge in [0.25, 0.3) is 0 Å². The van der Waals surface area contributed by atoms with Crippen molar-refractivity contribution in [3.8, 4) is 0 Å². The van der Waals surface area contributed by atoms with E-state index in [1.807, 2.05) is 0 Å². The van der Waals surface area contributed by atoms with Crippen LogP contribution in [0.5, 0.6) is 0 Å². The molecule has 0 amide bonds. The lowest BCUT2D eigenvalue weighted by Gasteiger charge is -2.26. The van der Waals surface area contributed by atoms with E-state index in [-0.39, 0.29) is 5.75 Å². The Bertz CT molecular complexity index is 315. The maximum Gasteiger partial charge on any atom is 0.214 e. The Hall–Kier alpha value is 0.160. The van der Waals surface area contributed by atoms with E-state index in [0.717, 1.165) is 25.7 Å². The molecule has 0 atom stereocenters. The van der Waals surface area contributed by atoms with E-state index >= 15 is 0 Å². The Kier molecular flexibility index (Phi) is 7.53. The molecule has 0 aromatic heterocycles. The van der Waals surface area contributed by atoms with E-state index in [1.54, 1.807) is 7.11 Å². The van der Waals surface area contributed by atoms with E-state index in [2.05, 4.69) is 0 Å². The van der Waals surface area contributed by atoms with Gasteiger partial charge < -0.3 is 4.74 Å². The summed E-state index contributed by atoms with van der Waals surface area (Å²) in [6.45, 7) is 1.19. The Morgan fingerprint density at radius 2 is 1.89 bits per heavy atom. The molecule has 0 radical (unpaired) electrons. The van der Waals surface area contributed by atoms with Crippen molar-refractivity contribution in [1.82, 2.24) is 4.31 Å². The number of hydrogen-bond acceptors (Lipinski definition) is 3. The number of nitrogens with zero attached hydrogens (tertiary/aromatic N) is 1. The molecule has 4 nitrogen and oxygen atoms in total. The summed E-state index contributed by atoms with van der Waals surface area (Å²) in [6, 6.07) is 0. The van der Waals surface area contributed by atoms with Gasteiger partial charge >= 0.3 is 0 Å². The van der Waals surface area contributed by atoms with Gasteiger partial charge in [-0.25, -0.2) is 8.42 Å². The monoisotopic (exact) mass is 297 g/mol.